The average molecular weight is 273 g/mol. The van der Waals surface area contributed by atoms with E-state index in [4.69, 9.17) is 9.84 Å². The Hall–Kier alpha value is -1.66. The van der Waals surface area contributed by atoms with Gasteiger partial charge in [0.05, 0.1) is 6.61 Å². The van der Waals surface area contributed by atoms with E-state index in [1.54, 1.807) is 6.92 Å². The minimum Gasteiger partial charge on any atom is -0.461 e. The molecule has 0 heterocycles. The van der Waals surface area contributed by atoms with Crippen molar-refractivity contribution in [3.63, 3.8) is 0 Å². The van der Waals surface area contributed by atoms with Gasteiger partial charge in [-0.3, -0.25) is 0 Å². The van der Waals surface area contributed by atoms with Gasteiger partial charge in [0.25, 0.3) is 0 Å². The second kappa shape index (κ2) is 12.8. The van der Waals surface area contributed by atoms with Crippen molar-refractivity contribution in [1.82, 2.24) is 4.90 Å². The van der Waals surface area contributed by atoms with Crippen LogP contribution in [-0.4, -0.2) is 62.4 Å². The highest BCUT2D eigenvalue weighted by Crippen LogP contribution is 1.91. The van der Waals surface area contributed by atoms with E-state index in [9.17, 15) is 9.59 Å². The van der Waals surface area contributed by atoms with Crippen LogP contribution in [0.2, 0.25) is 0 Å². The third kappa shape index (κ3) is 16.3. The van der Waals surface area contributed by atoms with Crippen molar-refractivity contribution in [3.05, 3.63) is 24.8 Å². The van der Waals surface area contributed by atoms with Crippen LogP contribution in [0.3, 0.4) is 0 Å². The standard InChI is InChI=1S/C8H15NO2.C5H8O3/c1-7(2)8(10)11-6-5-9(3)4;1-2-5(7)8-4-3-6/h1,5-6H2,2-4H3;2,6H,1,3-4H2. The molecule has 0 bridgehead atoms. The molecule has 19 heavy (non-hydrogen) atoms. The van der Waals surface area contributed by atoms with Gasteiger partial charge in [-0.25, -0.2) is 9.59 Å². The summed E-state index contributed by atoms with van der Waals surface area (Å²) in [6, 6.07) is 0. The van der Waals surface area contributed by atoms with Gasteiger partial charge in [-0.15, -0.1) is 0 Å². The number of rotatable bonds is 7. The quantitative estimate of drug-likeness (QED) is 0.533. The zero-order valence-electron chi connectivity index (χ0n) is 11.8. The summed E-state index contributed by atoms with van der Waals surface area (Å²) in [6.45, 7) is 9.34. The summed E-state index contributed by atoms with van der Waals surface area (Å²) < 4.78 is 9.17. The molecule has 0 unspecified atom stereocenters. The zero-order valence-corrected chi connectivity index (χ0v) is 11.8. The summed E-state index contributed by atoms with van der Waals surface area (Å²) in [7, 11) is 3.85. The maximum absolute atomic E-state index is 10.8. The first kappa shape index (κ1) is 19.7. The van der Waals surface area contributed by atoms with Gasteiger partial charge >= 0.3 is 11.9 Å². The van der Waals surface area contributed by atoms with Crippen LogP contribution in [0.4, 0.5) is 0 Å². The lowest BCUT2D eigenvalue weighted by molar-refractivity contribution is -0.139. The lowest BCUT2D eigenvalue weighted by Crippen LogP contribution is -2.20. The molecule has 0 aromatic carbocycles. The van der Waals surface area contributed by atoms with Crippen LogP contribution >= 0.6 is 0 Å². The van der Waals surface area contributed by atoms with E-state index >= 15 is 0 Å². The third-order valence-electron chi connectivity index (χ3n) is 1.62. The van der Waals surface area contributed by atoms with Gasteiger partial charge in [-0.05, 0) is 21.0 Å². The first-order chi connectivity index (χ1) is 8.84. The molecule has 0 aliphatic rings. The molecule has 0 radical (unpaired) electrons. The number of esters is 2. The van der Waals surface area contributed by atoms with Crippen LogP contribution in [-0.2, 0) is 19.1 Å². The summed E-state index contributed by atoms with van der Waals surface area (Å²) in [5.41, 5.74) is 0.448. The van der Waals surface area contributed by atoms with Gasteiger partial charge in [-0.2, -0.15) is 0 Å². The van der Waals surface area contributed by atoms with Crippen molar-refractivity contribution in [1.29, 1.82) is 0 Å². The van der Waals surface area contributed by atoms with Crippen molar-refractivity contribution in [2.75, 3.05) is 40.5 Å². The van der Waals surface area contributed by atoms with Crippen molar-refractivity contribution in [2.45, 2.75) is 6.92 Å². The Morgan fingerprint density at radius 2 is 1.84 bits per heavy atom. The molecule has 6 nitrogen and oxygen atoms in total. The summed E-state index contributed by atoms with van der Waals surface area (Å²) in [4.78, 5) is 22.9. The van der Waals surface area contributed by atoms with Crippen LogP contribution < -0.4 is 0 Å². The molecular weight excluding hydrogens is 250 g/mol. The van der Waals surface area contributed by atoms with E-state index in [1.165, 1.54) is 0 Å². The third-order valence-corrected chi connectivity index (χ3v) is 1.62. The molecule has 0 aliphatic heterocycles. The van der Waals surface area contributed by atoms with Gasteiger partial charge in [-0.1, -0.05) is 13.2 Å². The summed E-state index contributed by atoms with van der Waals surface area (Å²) in [6.07, 6.45) is 1.05. The summed E-state index contributed by atoms with van der Waals surface area (Å²) in [5.74, 6) is -0.814. The van der Waals surface area contributed by atoms with Crippen LogP contribution in [0.5, 0.6) is 0 Å². The minimum atomic E-state index is -0.501. The van der Waals surface area contributed by atoms with E-state index in [2.05, 4.69) is 17.9 Å². The Labute approximate surface area is 114 Å². The summed E-state index contributed by atoms with van der Waals surface area (Å²) in [5, 5.41) is 8.10. The van der Waals surface area contributed by atoms with E-state index in [0.717, 1.165) is 12.6 Å². The zero-order chi connectivity index (χ0) is 15.3. The highest BCUT2D eigenvalue weighted by molar-refractivity contribution is 5.86. The number of nitrogens with zero attached hydrogens (tertiary/aromatic N) is 1. The van der Waals surface area contributed by atoms with Gasteiger partial charge in [0, 0.05) is 18.2 Å². The lowest BCUT2D eigenvalue weighted by Gasteiger charge is -2.09. The molecule has 0 amide bonds. The Kier molecular flexibility index (Phi) is 13.2. The van der Waals surface area contributed by atoms with Gasteiger partial charge < -0.3 is 19.5 Å². The van der Waals surface area contributed by atoms with E-state index in [1.807, 2.05) is 19.0 Å². The smallest absolute Gasteiger partial charge is 0.333 e. The number of ether oxygens (including phenoxy) is 2. The molecule has 0 aromatic rings. The fraction of sp³-hybridized carbons (Fsp3) is 0.538. The Balaban J connectivity index is 0. The van der Waals surface area contributed by atoms with E-state index in [0.29, 0.717) is 12.2 Å². The first-order valence-corrected chi connectivity index (χ1v) is 5.72. The number of carbonyl (C=O) groups excluding carboxylic acids is 2. The van der Waals surface area contributed by atoms with Gasteiger partial charge in [0.15, 0.2) is 0 Å². The Bertz CT molecular complexity index is 299. The topological polar surface area (TPSA) is 76.1 Å². The van der Waals surface area contributed by atoms with Crippen molar-refractivity contribution < 1.29 is 24.2 Å². The van der Waals surface area contributed by atoms with Gasteiger partial charge in [0.2, 0.25) is 0 Å². The lowest BCUT2D eigenvalue weighted by atomic mass is 10.4. The highest BCUT2D eigenvalue weighted by Gasteiger charge is 2.01. The number of hydrogen-bond acceptors (Lipinski definition) is 6. The summed E-state index contributed by atoms with van der Waals surface area (Å²) >= 11 is 0. The Morgan fingerprint density at radius 1 is 1.26 bits per heavy atom. The molecule has 0 rings (SSSR count). The van der Waals surface area contributed by atoms with Crippen molar-refractivity contribution >= 4 is 11.9 Å². The number of hydrogen-bond donors (Lipinski definition) is 1. The van der Waals surface area contributed by atoms with Crippen LogP contribution in [0.15, 0.2) is 24.8 Å². The maximum Gasteiger partial charge on any atom is 0.333 e. The molecule has 0 spiro atoms. The number of aliphatic hydroxyl groups is 1. The fourth-order valence-electron chi connectivity index (χ4n) is 0.649. The van der Waals surface area contributed by atoms with Crippen LogP contribution in [0.25, 0.3) is 0 Å². The average Bonchev–Trinajstić information content (AvgIpc) is 2.35. The molecule has 0 saturated carbocycles. The Morgan fingerprint density at radius 3 is 2.21 bits per heavy atom. The molecule has 0 fully saturated rings. The minimum absolute atomic E-state index is 0.0465. The van der Waals surface area contributed by atoms with Crippen LogP contribution in [0.1, 0.15) is 6.92 Å². The first-order valence-electron chi connectivity index (χ1n) is 5.72. The predicted molar refractivity (Wildman–Crippen MR) is 72.6 cm³/mol. The molecule has 0 atom stereocenters. The van der Waals surface area contributed by atoms with Crippen molar-refractivity contribution in [2.24, 2.45) is 0 Å². The second-order valence-electron chi connectivity index (χ2n) is 3.81. The number of carbonyl (C=O) groups is 2. The van der Waals surface area contributed by atoms with E-state index < -0.39 is 5.97 Å². The second-order valence-corrected chi connectivity index (χ2v) is 3.81. The normalized spacial score (nSPS) is 9.11. The number of aliphatic hydroxyl groups excluding tert-OH is 1. The maximum atomic E-state index is 10.8. The van der Waals surface area contributed by atoms with E-state index in [-0.39, 0.29) is 19.2 Å². The van der Waals surface area contributed by atoms with Crippen molar-refractivity contribution in [3.8, 4) is 0 Å². The molecule has 0 aromatic heterocycles. The fourth-order valence-corrected chi connectivity index (χ4v) is 0.649. The monoisotopic (exact) mass is 273 g/mol. The SMILES string of the molecule is C=C(C)C(=O)OCCN(C)C.C=CC(=O)OCCO. The van der Waals surface area contributed by atoms with Crippen LogP contribution in [0, 0.1) is 0 Å². The molecule has 1 N–H and O–H groups in total. The molecular formula is C13H23NO5. The molecule has 0 saturated heterocycles. The largest absolute Gasteiger partial charge is 0.461 e. The highest BCUT2D eigenvalue weighted by atomic mass is 16.5. The number of likely N-dealkylation sites (N-methyl/N-ethyl adjacent to an activating group) is 1. The molecule has 6 heteroatoms. The predicted octanol–water partition coefficient (Wildman–Crippen LogP) is 0.375. The molecule has 0 aliphatic carbocycles. The molecule has 110 valence electrons. The van der Waals surface area contributed by atoms with Gasteiger partial charge in [0.1, 0.15) is 13.2 Å².